The van der Waals surface area contributed by atoms with E-state index in [1.807, 2.05) is 13.8 Å². The van der Waals surface area contributed by atoms with Crippen molar-refractivity contribution in [2.24, 2.45) is 10.9 Å². The van der Waals surface area contributed by atoms with Gasteiger partial charge in [0.2, 0.25) is 0 Å². The van der Waals surface area contributed by atoms with Crippen LogP contribution in [-0.4, -0.2) is 28.2 Å². The SMILES string of the molecule is CC(C)C1(C)NC(c2ncccc2C(=O)OCl)=NC1=O. The molecule has 0 aromatic carbocycles. The Labute approximate surface area is 121 Å². The molecule has 7 heteroatoms. The number of nitrogens with one attached hydrogen (secondary N) is 1. The first-order valence-electron chi connectivity index (χ1n) is 6.09. The first-order valence-corrected chi connectivity index (χ1v) is 6.40. The number of hydrogen-bond donors (Lipinski definition) is 1. The quantitative estimate of drug-likeness (QED) is 0.917. The number of pyridine rings is 1. The summed E-state index contributed by atoms with van der Waals surface area (Å²) in [6.07, 6.45) is 1.50. The van der Waals surface area contributed by atoms with E-state index in [-0.39, 0.29) is 28.9 Å². The Kier molecular flexibility index (Phi) is 3.76. The predicted octanol–water partition coefficient (Wildman–Crippen LogP) is 1.68. The van der Waals surface area contributed by atoms with Gasteiger partial charge in [0.05, 0.1) is 5.56 Å². The molecule has 2 rings (SSSR count). The molecule has 0 aliphatic carbocycles. The standard InChI is InChI=1S/C13H14ClN3O3/c1-7(2)13(3)12(19)16-10(17-13)9-8(11(18)20-14)5-4-6-15-9/h4-7H,1-3H3,(H,16,17,19). The number of amides is 1. The second-order valence-electron chi connectivity index (χ2n) is 5.01. The summed E-state index contributed by atoms with van der Waals surface area (Å²) in [5, 5.41) is 3.04. The van der Waals surface area contributed by atoms with Crippen LogP contribution in [0, 0.1) is 5.92 Å². The average Bonchev–Trinajstić information content (AvgIpc) is 2.75. The molecule has 0 saturated heterocycles. The highest BCUT2D eigenvalue weighted by Gasteiger charge is 2.43. The lowest BCUT2D eigenvalue weighted by Gasteiger charge is -2.27. The van der Waals surface area contributed by atoms with Gasteiger partial charge in [0.1, 0.15) is 23.1 Å². The average molecular weight is 296 g/mol. The summed E-state index contributed by atoms with van der Waals surface area (Å²) in [5.74, 6) is -0.754. The van der Waals surface area contributed by atoms with Gasteiger partial charge in [-0.05, 0) is 25.0 Å². The zero-order valence-electron chi connectivity index (χ0n) is 11.3. The van der Waals surface area contributed by atoms with Crippen LogP contribution in [0.2, 0.25) is 0 Å². The Bertz CT molecular complexity index is 600. The van der Waals surface area contributed by atoms with E-state index >= 15 is 0 Å². The fourth-order valence-electron chi connectivity index (χ4n) is 1.85. The number of hydrogen-bond acceptors (Lipinski definition) is 5. The molecule has 1 amide bonds. The maximum atomic E-state index is 12.1. The number of aliphatic imine (C=N–C) groups is 1. The van der Waals surface area contributed by atoms with Gasteiger partial charge in [-0.3, -0.25) is 9.78 Å². The lowest BCUT2D eigenvalue weighted by atomic mass is 9.88. The second kappa shape index (κ2) is 5.20. The molecule has 0 spiro atoms. The normalized spacial score (nSPS) is 21.6. The molecule has 1 atom stereocenters. The Hall–Kier alpha value is -1.95. The number of rotatable bonds is 3. The Balaban J connectivity index is 2.43. The molecule has 2 heterocycles. The lowest BCUT2D eigenvalue weighted by Crippen LogP contribution is -2.50. The van der Waals surface area contributed by atoms with Gasteiger partial charge in [0, 0.05) is 6.20 Å². The van der Waals surface area contributed by atoms with Crippen molar-refractivity contribution in [1.29, 1.82) is 0 Å². The summed E-state index contributed by atoms with van der Waals surface area (Å²) in [4.78, 5) is 31.7. The summed E-state index contributed by atoms with van der Waals surface area (Å²) in [5.41, 5.74) is -0.417. The number of amidine groups is 1. The topological polar surface area (TPSA) is 80.7 Å². The van der Waals surface area contributed by atoms with E-state index in [1.54, 1.807) is 13.0 Å². The van der Waals surface area contributed by atoms with Gasteiger partial charge in [-0.25, -0.2) is 4.79 Å². The van der Waals surface area contributed by atoms with Crippen molar-refractivity contribution in [1.82, 2.24) is 10.3 Å². The summed E-state index contributed by atoms with van der Waals surface area (Å²) in [7, 11) is 0. The summed E-state index contributed by atoms with van der Waals surface area (Å²) in [6.45, 7) is 5.59. The molecule has 0 bridgehead atoms. The molecule has 0 saturated carbocycles. The predicted molar refractivity (Wildman–Crippen MR) is 73.4 cm³/mol. The van der Waals surface area contributed by atoms with Gasteiger partial charge in [-0.2, -0.15) is 4.99 Å². The second-order valence-corrected chi connectivity index (χ2v) is 5.17. The van der Waals surface area contributed by atoms with Crippen LogP contribution in [0.3, 0.4) is 0 Å². The van der Waals surface area contributed by atoms with Crippen molar-refractivity contribution in [2.45, 2.75) is 26.3 Å². The first-order chi connectivity index (χ1) is 9.40. The van der Waals surface area contributed by atoms with Gasteiger partial charge in [-0.15, -0.1) is 0 Å². The number of nitrogens with zero attached hydrogens (tertiary/aromatic N) is 2. The van der Waals surface area contributed by atoms with Crippen LogP contribution in [0.4, 0.5) is 0 Å². The molecule has 1 aromatic heterocycles. The van der Waals surface area contributed by atoms with E-state index in [0.717, 1.165) is 0 Å². The van der Waals surface area contributed by atoms with Gasteiger partial charge >= 0.3 is 5.97 Å². The first kappa shape index (κ1) is 14.5. The Morgan fingerprint density at radius 2 is 2.20 bits per heavy atom. The molecule has 106 valence electrons. The largest absolute Gasteiger partial charge is 0.358 e. The van der Waals surface area contributed by atoms with Gasteiger partial charge in [-0.1, -0.05) is 13.8 Å². The molecule has 1 N–H and O–H groups in total. The number of halogens is 1. The van der Waals surface area contributed by atoms with Crippen LogP contribution < -0.4 is 5.32 Å². The van der Waals surface area contributed by atoms with E-state index in [2.05, 4.69) is 19.6 Å². The highest BCUT2D eigenvalue weighted by molar-refractivity contribution is 6.20. The van der Waals surface area contributed by atoms with Crippen LogP contribution in [0.5, 0.6) is 0 Å². The monoisotopic (exact) mass is 295 g/mol. The van der Waals surface area contributed by atoms with E-state index in [0.29, 0.717) is 0 Å². The maximum Gasteiger partial charge on any atom is 0.358 e. The third-order valence-electron chi connectivity index (χ3n) is 3.51. The Morgan fingerprint density at radius 3 is 2.75 bits per heavy atom. The number of aromatic nitrogens is 1. The molecule has 1 aromatic rings. The van der Waals surface area contributed by atoms with Crippen molar-refractivity contribution in [3.05, 3.63) is 29.6 Å². The molecule has 0 radical (unpaired) electrons. The molecular weight excluding hydrogens is 282 g/mol. The van der Waals surface area contributed by atoms with Crippen molar-refractivity contribution in [3.8, 4) is 0 Å². The van der Waals surface area contributed by atoms with Crippen LogP contribution >= 0.6 is 11.9 Å². The molecule has 1 aliphatic heterocycles. The molecular formula is C13H14ClN3O3. The zero-order valence-corrected chi connectivity index (χ0v) is 12.1. The van der Waals surface area contributed by atoms with Crippen molar-refractivity contribution in [3.63, 3.8) is 0 Å². The van der Waals surface area contributed by atoms with Crippen molar-refractivity contribution >= 4 is 29.6 Å². The molecule has 0 fully saturated rings. The van der Waals surface area contributed by atoms with Gasteiger partial charge in [0.15, 0.2) is 5.84 Å². The molecule has 6 nitrogen and oxygen atoms in total. The van der Waals surface area contributed by atoms with Crippen LogP contribution in [0.15, 0.2) is 23.3 Å². The van der Waals surface area contributed by atoms with Gasteiger partial charge in [0.25, 0.3) is 5.91 Å². The van der Waals surface area contributed by atoms with E-state index in [4.69, 9.17) is 11.9 Å². The fraction of sp³-hybridized carbons (Fsp3) is 0.385. The summed E-state index contributed by atoms with van der Waals surface area (Å²) >= 11 is 5.10. The van der Waals surface area contributed by atoms with E-state index < -0.39 is 11.5 Å². The minimum atomic E-state index is -0.811. The third-order valence-corrected chi connectivity index (χ3v) is 3.65. The highest BCUT2D eigenvalue weighted by atomic mass is 35.5. The highest BCUT2D eigenvalue weighted by Crippen LogP contribution is 2.24. The third kappa shape index (κ3) is 2.27. The fourth-order valence-corrected chi connectivity index (χ4v) is 1.93. The van der Waals surface area contributed by atoms with Crippen molar-refractivity contribution in [2.75, 3.05) is 0 Å². The van der Waals surface area contributed by atoms with Crippen LogP contribution in [0.1, 0.15) is 36.8 Å². The number of carbonyl (C=O) groups is 2. The minimum absolute atomic E-state index is 0.0309. The molecule has 1 unspecified atom stereocenters. The van der Waals surface area contributed by atoms with Crippen LogP contribution in [-0.2, 0) is 9.08 Å². The Morgan fingerprint density at radius 1 is 1.50 bits per heavy atom. The minimum Gasteiger partial charge on any atom is -0.354 e. The smallest absolute Gasteiger partial charge is 0.354 e. The van der Waals surface area contributed by atoms with E-state index in [1.165, 1.54) is 12.3 Å². The van der Waals surface area contributed by atoms with Crippen LogP contribution in [0.25, 0.3) is 0 Å². The van der Waals surface area contributed by atoms with E-state index in [9.17, 15) is 9.59 Å². The van der Waals surface area contributed by atoms with Gasteiger partial charge < -0.3 is 9.61 Å². The lowest BCUT2D eigenvalue weighted by molar-refractivity contribution is -0.123. The van der Waals surface area contributed by atoms with Crippen molar-refractivity contribution < 1.29 is 13.9 Å². The molecule has 1 aliphatic rings. The molecule has 20 heavy (non-hydrogen) atoms. The number of carbonyl (C=O) groups excluding carboxylic acids is 2. The zero-order chi connectivity index (χ0) is 14.9. The summed E-state index contributed by atoms with van der Waals surface area (Å²) in [6, 6.07) is 3.08. The maximum absolute atomic E-state index is 12.1. The summed E-state index contributed by atoms with van der Waals surface area (Å²) < 4.78 is 4.19.